The number of hydrogen-bond donors (Lipinski definition) is 1. The van der Waals surface area contributed by atoms with E-state index in [1.54, 1.807) is 12.1 Å². The predicted molar refractivity (Wildman–Crippen MR) is 95.5 cm³/mol. The largest absolute Gasteiger partial charge is 0.495 e. The first-order chi connectivity index (χ1) is 11.6. The third kappa shape index (κ3) is 3.26. The molecule has 0 fully saturated rings. The molecule has 0 radical (unpaired) electrons. The Morgan fingerprint density at radius 1 is 1.21 bits per heavy atom. The van der Waals surface area contributed by atoms with Crippen molar-refractivity contribution >= 4 is 28.9 Å². The zero-order chi connectivity index (χ0) is 17.1. The van der Waals surface area contributed by atoms with Crippen LogP contribution in [0.15, 0.2) is 36.4 Å². The number of fused-ring (bicyclic) bond motifs is 1. The van der Waals surface area contributed by atoms with Gasteiger partial charge in [-0.3, -0.25) is 4.79 Å². The number of carbonyl (C=O) groups is 1. The van der Waals surface area contributed by atoms with Gasteiger partial charge in [0, 0.05) is 24.4 Å². The van der Waals surface area contributed by atoms with Gasteiger partial charge in [-0.2, -0.15) is 0 Å². The third-order valence-corrected chi connectivity index (χ3v) is 4.36. The van der Waals surface area contributed by atoms with E-state index in [0.717, 1.165) is 18.7 Å². The number of para-hydroxylation sites is 1. The van der Waals surface area contributed by atoms with Crippen LogP contribution in [-0.4, -0.2) is 33.2 Å². The zero-order valence-corrected chi connectivity index (χ0v) is 14.4. The molecule has 2 aromatic carbocycles. The molecule has 5 nitrogen and oxygen atoms in total. The third-order valence-electron chi connectivity index (χ3n) is 4.07. The molecule has 0 saturated carbocycles. The summed E-state index contributed by atoms with van der Waals surface area (Å²) in [6.07, 6.45) is 0.960. The van der Waals surface area contributed by atoms with Crippen LogP contribution in [-0.2, 0) is 11.2 Å². The molecule has 24 heavy (non-hydrogen) atoms. The van der Waals surface area contributed by atoms with Gasteiger partial charge >= 0.3 is 0 Å². The summed E-state index contributed by atoms with van der Waals surface area (Å²) in [5.74, 6) is 0.865. The highest BCUT2D eigenvalue weighted by atomic mass is 35.5. The summed E-state index contributed by atoms with van der Waals surface area (Å²) in [5.41, 5.74) is 2.93. The number of halogens is 1. The molecule has 1 amide bonds. The van der Waals surface area contributed by atoms with E-state index in [-0.39, 0.29) is 12.5 Å². The number of benzene rings is 2. The summed E-state index contributed by atoms with van der Waals surface area (Å²) in [6, 6.07) is 11.4. The maximum atomic E-state index is 12.4. The summed E-state index contributed by atoms with van der Waals surface area (Å²) >= 11 is 6.08. The number of nitrogens with zero attached hydrogens (tertiary/aromatic N) is 1. The van der Waals surface area contributed by atoms with E-state index in [0.29, 0.717) is 22.2 Å². The van der Waals surface area contributed by atoms with Crippen molar-refractivity contribution in [3.8, 4) is 11.5 Å². The van der Waals surface area contributed by atoms with Crippen LogP contribution in [0.1, 0.15) is 5.56 Å². The second kappa shape index (κ2) is 7.01. The average molecular weight is 347 g/mol. The zero-order valence-electron chi connectivity index (χ0n) is 13.6. The van der Waals surface area contributed by atoms with Crippen molar-refractivity contribution in [2.45, 2.75) is 6.42 Å². The van der Waals surface area contributed by atoms with Crippen LogP contribution in [0.3, 0.4) is 0 Å². The van der Waals surface area contributed by atoms with E-state index in [1.807, 2.05) is 18.2 Å². The second-order valence-corrected chi connectivity index (χ2v) is 5.94. The molecule has 0 unspecified atom stereocenters. The average Bonchev–Trinajstić information content (AvgIpc) is 2.99. The van der Waals surface area contributed by atoms with Gasteiger partial charge in [-0.25, -0.2) is 0 Å². The van der Waals surface area contributed by atoms with Gasteiger partial charge in [0.25, 0.3) is 0 Å². The van der Waals surface area contributed by atoms with Gasteiger partial charge in [0.2, 0.25) is 5.91 Å². The van der Waals surface area contributed by atoms with Crippen molar-refractivity contribution < 1.29 is 14.3 Å². The van der Waals surface area contributed by atoms with E-state index < -0.39 is 0 Å². The lowest BCUT2D eigenvalue weighted by atomic mass is 10.2. The molecular formula is C18H19ClN2O3. The molecule has 3 rings (SSSR count). The van der Waals surface area contributed by atoms with E-state index in [2.05, 4.69) is 16.3 Å². The fourth-order valence-corrected chi connectivity index (χ4v) is 3.12. The fourth-order valence-electron chi connectivity index (χ4n) is 2.89. The molecular weight excluding hydrogens is 328 g/mol. The van der Waals surface area contributed by atoms with Gasteiger partial charge < -0.3 is 19.7 Å². The van der Waals surface area contributed by atoms with E-state index in [4.69, 9.17) is 21.1 Å². The Morgan fingerprint density at radius 3 is 2.71 bits per heavy atom. The lowest BCUT2D eigenvalue weighted by Crippen LogP contribution is -2.32. The summed E-state index contributed by atoms with van der Waals surface area (Å²) in [5, 5.41) is 3.31. The van der Waals surface area contributed by atoms with Gasteiger partial charge in [-0.05, 0) is 18.1 Å². The number of amides is 1. The number of carbonyl (C=O) groups excluding carboxylic acids is 1. The fraction of sp³-hybridized carbons (Fsp3) is 0.278. The first-order valence-corrected chi connectivity index (χ1v) is 8.04. The number of rotatable bonds is 5. The molecule has 1 N–H and O–H groups in total. The van der Waals surface area contributed by atoms with E-state index in [1.165, 1.54) is 19.8 Å². The molecule has 0 saturated heterocycles. The number of anilines is 2. The SMILES string of the molecule is COc1cc(NC(=O)CN2CCc3ccccc32)c(OC)cc1Cl. The Kier molecular flexibility index (Phi) is 4.81. The van der Waals surface area contributed by atoms with Crippen molar-refractivity contribution in [1.29, 1.82) is 0 Å². The molecule has 0 spiro atoms. The minimum absolute atomic E-state index is 0.116. The minimum atomic E-state index is -0.116. The maximum absolute atomic E-state index is 12.4. The topological polar surface area (TPSA) is 50.8 Å². The summed E-state index contributed by atoms with van der Waals surface area (Å²) in [4.78, 5) is 14.5. The number of ether oxygens (including phenoxy) is 2. The van der Waals surface area contributed by atoms with Crippen molar-refractivity contribution in [2.75, 3.05) is 37.5 Å². The summed E-state index contributed by atoms with van der Waals surface area (Å²) < 4.78 is 10.5. The molecule has 6 heteroatoms. The normalized spacial score (nSPS) is 12.7. The quantitative estimate of drug-likeness (QED) is 0.902. The van der Waals surface area contributed by atoms with E-state index >= 15 is 0 Å². The van der Waals surface area contributed by atoms with Crippen molar-refractivity contribution in [3.63, 3.8) is 0 Å². The van der Waals surface area contributed by atoms with Crippen molar-refractivity contribution in [1.82, 2.24) is 0 Å². The van der Waals surface area contributed by atoms with Gasteiger partial charge in [0.15, 0.2) is 0 Å². The number of hydrogen-bond acceptors (Lipinski definition) is 4. The predicted octanol–water partition coefficient (Wildman–Crippen LogP) is 3.36. The Morgan fingerprint density at radius 2 is 1.96 bits per heavy atom. The molecule has 0 aliphatic carbocycles. The molecule has 0 atom stereocenters. The van der Waals surface area contributed by atoms with Gasteiger partial charge in [0.1, 0.15) is 11.5 Å². The minimum Gasteiger partial charge on any atom is -0.495 e. The lowest BCUT2D eigenvalue weighted by Gasteiger charge is -2.19. The number of methoxy groups -OCH3 is 2. The Balaban J connectivity index is 1.74. The highest BCUT2D eigenvalue weighted by molar-refractivity contribution is 6.32. The summed E-state index contributed by atoms with van der Waals surface area (Å²) in [7, 11) is 3.06. The van der Waals surface area contributed by atoms with Crippen LogP contribution in [0.25, 0.3) is 0 Å². The maximum Gasteiger partial charge on any atom is 0.243 e. The molecule has 0 bridgehead atoms. The highest BCUT2D eigenvalue weighted by Gasteiger charge is 2.21. The molecule has 126 valence electrons. The monoisotopic (exact) mass is 346 g/mol. The van der Waals surface area contributed by atoms with E-state index in [9.17, 15) is 4.79 Å². The van der Waals surface area contributed by atoms with Crippen molar-refractivity contribution in [2.24, 2.45) is 0 Å². The van der Waals surface area contributed by atoms with Crippen LogP contribution in [0, 0.1) is 0 Å². The van der Waals surface area contributed by atoms with Crippen LogP contribution in [0.5, 0.6) is 11.5 Å². The first kappa shape index (κ1) is 16.5. The second-order valence-electron chi connectivity index (χ2n) is 5.54. The molecule has 1 heterocycles. The summed E-state index contributed by atoms with van der Waals surface area (Å²) in [6.45, 7) is 1.12. The smallest absolute Gasteiger partial charge is 0.243 e. The first-order valence-electron chi connectivity index (χ1n) is 7.66. The molecule has 1 aliphatic heterocycles. The molecule has 0 aromatic heterocycles. The van der Waals surface area contributed by atoms with Crippen LogP contribution in [0.2, 0.25) is 5.02 Å². The molecule has 1 aliphatic rings. The van der Waals surface area contributed by atoms with Gasteiger partial charge in [0.05, 0.1) is 31.5 Å². The number of nitrogens with one attached hydrogen (secondary N) is 1. The van der Waals surface area contributed by atoms with Crippen LogP contribution in [0.4, 0.5) is 11.4 Å². The van der Waals surface area contributed by atoms with Crippen LogP contribution >= 0.6 is 11.6 Å². The Labute approximate surface area is 146 Å². The van der Waals surface area contributed by atoms with Crippen molar-refractivity contribution in [3.05, 3.63) is 47.0 Å². The van der Waals surface area contributed by atoms with Gasteiger partial charge in [-0.15, -0.1) is 0 Å². The standard InChI is InChI=1S/C18H19ClN2O3/c1-23-16-10-14(17(24-2)9-13(16)19)20-18(22)11-21-8-7-12-5-3-4-6-15(12)21/h3-6,9-10H,7-8,11H2,1-2H3,(H,20,22). The van der Waals surface area contributed by atoms with Gasteiger partial charge in [-0.1, -0.05) is 29.8 Å². The van der Waals surface area contributed by atoms with Crippen LogP contribution < -0.4 is 19.7 Å². The highest BCUT2D eigenvalue weighted by Crippen LogP contribution is 2.36. The Bertz CT molecular complexity index is 764. The lowest BCUT2D eigenvalue weighted by molar-refractivity contribution is -0.115. The Hall–Kier alpha value is -2.40. The molecule has 2 aromatic rings.